The van der Waals surface area contributed by atoms with Gasteiger partial charge in [0.25, 0.3) is 0 Å². The van der Waals surface area contributed by atoms with E-state index < -0.39 is 0 Å². The third kappa shape index (κ3) is 2.57. The van der Waals surface area contributed by atoms with Crippen LogP contribution in [0.5, 0.6) is 5.75 Å². The molecule has 3 rings (SSSR count). The van der Waals surface area contributed by atoms with Crippen molar-refractivity contribution < 1.29 is 4.74 Å². The lowest BCUT2D eigenvalue weighted by Gasteiger charge is -2.52. The average Bonchev–Trinajstić information content (AvgIpc) is 2.73. The van der Waals surface area contributed by atoms with Crippen molar-refractivity contribution in [3.63, 3.8) is 0 Å². The van der Waals surface area contributed by atoms with Crippen LogP contribution in [0.25, 0.3) is 0 Å². The summed E-state index contributed by atoms with van der Waals surface area (Å²) in [4.78, 5) is 0. The maximum atomic E-state index is 6.57. The summed E-state index contributed by atoms with van der Waals surface area (Å²) in [6.07, 6.45) is 14.0. The van der Waals surface area contributed by atoms with E-state index in [4.69, 9.17) is 16.3 Å². The molecule has 0 bridgehead atoms. The van der Waals surface area contributed by atoms with Crippen molar-refractivity contribution in [2.24, 2.45) is 5.41 Å². The van der Waals surface area contributed by atoms with E-state index in [1.807, 2.05) is 17.1 Å². The van der Waals surface area contributed by atoms with Crippen molar-refractivity contribution >= 4 is 11.6 Å². The molecule has 2 aliphatic carbocycles. The zero-order valence-corrected chi connectivity index (χ0v) is 13.1. The van der Waals surface area contributed by atoms with Gasteiger partial charge >= 0.3 is 0 Å². The second kappa shape index (κ2) is 5.97. The fourth-order valence-electron chi connectivity index (χ4n) is 3.81. The first kappa shape index (κ1) is 14.2. The van der Waals surface area contributed by atoms with Crippen molar-refractivity contribution in [1.82, 2.24) is 9.78 Å². The first-order valence-corrected chi connectivity index (χ1v) is 8.51. The fraction of sp³-hybridized carbons (Fsp3) is 0.812. The lowest BCUT2D eigenvalue weighted by molar-refractivity contribution is -0.0513. The predicted octanol–water partition coefficient (Wildman–Crippen LogP) is 4.39. The van der Waals surface area contributed by atoms with Crippen LogP contribution in [-0.2, 0) is 6.54 Å². The molecule has 1 aromatic heterocycles. The topological polar surface area (TPSA) is 27.1 Å². The average molecular weight is 297 g/mol. The van der Waals surface area contributed by atoms with Crippen molar-refractivity contribution in [3.8, 4) is 5.75 Å². The first-order chi connectivity index (χ1) is 9.74. The molecule has 2 fully saturated rings. The number of hydrogen-bond donors (Lipinski definition) is 0. The molecular formula is C16H25ClN2O. The van der Waals surface area contributed by atoms with E-state index in [9.17, 15) is 0 Å². The highest BCUT2D eigenvalue weighted by Gasteiger charge is 2.55. The van der Waals surface area contributed by atoms with E-state index in [1.54, 1.807) is 0 Å². The van der Waals surface area contributed by atoms with Crippen molar-refractivity contribution in [2.75, 3.05) is 0 Å². The minimum Gasteiger partial charge on any atom is -0.486 e. The Bertz CT molecular complexity index is 437. The normalized spacial score (nSPS) is 28.9. The van der Waals surface area contributed by atoms with Crippen LogP contribution in [-0.4, -0.2) is 21.3 Å². The summed E-state index contributed by atoms with van der Waals surface area (Å²) in [5, 5.41) is 4.65. The predicted molar refractivity (Wildman–Crippen MR) is 81.3 cm³/mol. The number of alkyl halides is 1. The Morgan fingerprint density at radius 2 is 2.10 bits per heavy atom. The highest BCUT2D eigenvalue weighted by Crippen LogP contribution is 2.54. The summed E-state index contributed by atoms with van der Waals surface area (Å²) in [5.41, 5.74) is 0.227. The number of aryl methyl sites for hydroxylation is 1. The van der Waals surface area contributed by atoms with Crippen LogP contribution in [0.4, 0.5) is 0 Å². The van der Waals surface area contributed by atoms with Crippen LogP contribution in [0.3, 0.4) is 0 Å². The van der Waals surface area contributed by atoms with Crippen LogP contribution < -0.4 is 4.74 Å². The maximum Gasteiger partial charge on any atom is 0.157 e. The largest absolute Gasteiger partial charge is 0.486 e. The molecule has 0 radical (unpaired) electrons. The molecule has 20 heavy (non-hydrogen) atoms. The number of rotatable bonds is 4. The molecule has 0 saturated heterocycles. The van der Waals surface area contributed by atoms with Gasteiger partial charge in [-0.2, -0.15) is 5.10 Å². The van der Waals surface area contributed by atoms with E-state index in [2.05, 4.69) is 12.0 Å². The first-order valence-electron chi connectivity index (χ1n) is 8.08. The zero-order valence-electron chi connectivity index (χ0n) is 12.4. The maximum absolute atomic E-state index is 6.57. The van der Waals surface area contributed by atoms with E-state index >= 15 is 0 Å². The number of halogens is 1. The van der Waals surface area contributed by atoms with E-state index in [0.717, 1.165) is 25.1 Å². The summed E-state index contributed by atoms with van der Waals surface area (Å²) >= 11 is 6.57. The van der Waals surface area contributed by atoms with Crippen molar-refractivity contribution in [3.05, 3.63) is 12.4 Å². The molecule has 3 nitrogen and oxygen atoms in total. The highest BCUT2D eigenvalue weighted by atomic mass is 35.5. The van der Waals surface area contributed by atoms with Gasteiger partial charge in [-0.15, -0.1) is 11.6 Å². The summed E-state index contributed by atoms with van der Waals surface area (Å²) in [6.45, 7) is 3.12. The van der Waals surface area contributed by atoms with Gasteiger partial charge in [-0.25, -0.2) is 0 Å². The fourth-order valence-corrected chi connectivity index (χ4v) is 4.33. The Labute approximate surface area is 126 Å². The van der Waals surface area contributed by atoms with Gasteiger partial charge < -0.3 is 4.74 Å². The molecule has 1 heterocycles. The summed E-state index contributed by atoms with van der Waals surface area (Å²) in [5.74, 6) is 0.913. The molecule has 2 unspecified atom stereocenters. The molecule has 0 amide bonds. The Kier molecular flexibility index (Phi) is 4.25. The molecule has 2 aliphatic rings. The number of ether oxygens (including phenoxy) is 1. The van der Waals surface area contributed by atoms with E-state index in [-0.39, 0.29) is 5.41 Å². The number of hydrogen-bond acceptors (Lipinski definition) is 2. The van der Waals surface area contributed by atoms with E-state index in [1.165, 1.54) is 38.5 Å². The monoisotopic (exact) mass is 296 g/mol. The second-order valence-corrected chi connectivity index (χ2v) is 6.92. The lowest BCUT2D eigenvalue weighted by atomic mass is 9.61. The summed E-state index contributed by atoms with van der Waals surface area (Å²) in [6, 6.07) is 0. The third-order valence-electron chi connectivity index (χ3n) is 5.06. The molecule has 0 N–H and O–H groups in total. The molecule has 1 aromatic rings. The van der Waals surface area contributed by atoms with Gasteiger partial charge in [0, 0.05) is 23.8 Å². The van der Waals surface area contributed by atoms with Crippen molar-refractivity contribution in [2.45, 2.75) is 76.3 Å². The Hall–Kier alpha value is -0.700. The second-order valence-electron chi connectivity index (χ2n) is 6.40. The van der Waals surface area contributed by atoms with Gasteiger partial charge in [-0.05, 0) is 19.3 Å². The molecule has 112 valence electrons. The molecule has 4 heteroatoms. The molecule has 2 saturated carbocycles. The summed E-state index contributed by atoms with van der Waals surface area (Å²) in [7, 11) is 0. The zero-order chi connectivity index (χ0) is 14.0. The van der Waals surface area contributed by atoms with Crippen LogP contribution in [0, 0.1) is 5.41 Å². The molecule has 0 aliphatic heterocycles. The summed E-state index contributed by atoms with van der Waals surface area (Å²) < 4.78 is 8.19. The Morgan fingerprint density at radius 1 is 1.35 bits per heavy atom. The Balaban J connectivity index is 1.66. The van der Waals surface area contributed by atoms with Gasteiger partial charge in [0.15, 0.2) is 5.75 Å². The van der Waals surface area contributed by atoms with Crippen LogP contribution >= 0.6 is 11.6 Å². The molecule has 1 spiro atoms. The highest BCUT2D eigenvalue weighted by molar-refractivity contribution is 6.21. The van der Waals surface area contributed by atoms with Crippen molar-refractivity contribution in [1.29, 1.82) is 0 Å². The standard InChI is InChI=1S/C16H25ClN2O/c1-2-9-19-12-13(11-18-19)20-15-10-14(17)16(15)7-5-3-4-6-8-16/h11-12,14-15H,2-10H2,1H3. The van der Waals surface area contributed by atoms with Gasteiger partial charge in [-0.1, -0.05) is 32.6 Å². The lowest BCUT2D eigenvalue weighted by Crippen LogP contribution is -2.57. The third-order valence-corrected chi connectivity index (χ3v) is 5.67. The van der Waals surface area contributed by atoms with Crippen LogP contribution in [0.1, 0.15) is 58.3 Å². The van der Waals surface area contributed by atoms with E-state index in [0.29, 0.717) is 11.5 Å². The van der Waals surface area contributed by atoms with Gasteiger partial charge in [-0.3, -0.25) is 4.68 Å². The van der Waals surface area contributed by atoms with Gasteiger partial charge in [0.2, 0.25) is 0 Å². The number of aromatic nitrogens is 2. The smallest absolute Gasteiger partial charge is 0.157 e. The quantitative estimate of drug-likeness (QED) is 0.770. The van der Waals surface area contributed by atoms with Gasteiger partial charge in [0.1, 0.15) is 6.10 Å². The van der Waals surface area contributed by atoms with Crippen LogP contribution in [0.15, 0.2) is 12.4 Å². The van der Waals surface area contributed by atoms with Crippen LogP contribution in [0.2, 0.25) is 0 Å². The SMILES string of the molecule is CCCn1cc(OC2CC(Cl)C23CCCCCC3)cn1. The Morgan fingerprint density at radius 3 is 2.75 bits per heavy atom. The minimum atomic E-state index is 0.227. The molecular weight excluding hydrogens is 272 g/mol. The number of nitrogens with zero attached hydrogens (tertiary/aromatic N) is 2. The van der Waals surface area contributed by atoms with Gasteiger partial charge in [0.05, 0.1) is 12.4 Å². The molecule has 2 atom stereocenters. The molecule has 0 aromatic carbocycles. The minimum absolute atomic E-state index is 0.227.